The Morgan fingerprint density at radius 3 is 2.63 bits per heavy atom. The summed E-state index contributed by atoms with van der Waals surface area (Å²) >= 11 is 0. The molecule has 3 fully saturated rings. The van der Waals surface area contributed by atoms with Gasteiger partial charge in [-0.15, -0.1) is 0 Å². The molecule has 0 radical (unpaired) electrons. The number of esters is 2. The predicted octanol–water partition coefficient (Wildman–Crippen LogP) is 8.45. The highest BCUT2D eigenvalue weighted by Gasteiger charge is 2.56. The van der Waals surface area contributed by atoms with Gasteiger partial charge in [-0.05, 0) is 105 Å². The number of carbonyl (C=O) groups is 2. The van der Waals surface area contributed by atoms with Crippen molar-refractivity contribution in [1.29, 1.82) is 0 Å². The molecule has 3 saturated carbocycles. The normalized spacial score (nSPS) is 34.9. The average Bonchev–Trinajstić information content (AvgIpc) is 3.25. The zero-order chi connectivity index (χ0) is 27.3. The average molecular weight is 527 g/mol. The lowest BCUT2D eigenvalue weighted by Gasteiger charge is -2.54. The van der Waals surface area contributed by atoms with Gasteiger partial charge in [-0.2, -0.15) is 0 Å². The van der Waals surface area contributed by atoms with Gasteiger partial charge in [-0.1, -0.05) is 65.2 Å². The van der Waals surface area contributed by atoms with E-state index in [2.05, 4.69) is 40.3 Å². The van der Waals surface area contributed by atoms with Crippen LogP contribution in [0.4, 0.5) is 0 Å². The molecule has 0 saturated heterocycles. The highest BCUT2D eigenvalue weighted by atomic mass is 16.5. The zero-order valence-corrected chi connectivity index (χ0v) is 24.7. The Bertz CT molecular complexity index is 859. The number of fused-ring (bicyclic) bond motifs is 5. The first-order valence-electron chi connectivity index (χ1n) is 15.9. The van der Waals surface area contributed by atoms with Crippen LogP contribution in [0.5, 0.6) is 0 Å². The molecule has 4 rings (SSSR count). The summed E-state index contributed by atoms with van der Waals surface area (Å²) in [5.74, 6) is 5.42. The lowest BCUT2D eigenvalue weighted by Crippen LogP contribution is -2.47. The Labute approximate surface area is 232 Å². The molecule has 8 unspecified atom stereocenters. The standard InChI is InChI=1S/C34H54O4/c1-6-32(35)37-21-8-7-12-33(36)38-26-14-16-27-25(22-26)13-15-29-28(27)19-20-34(5)30(17-18-31(29)34)24(4)11-9-10-23(2)3/h6,13,23-24,26-31H,1,7-12,14-22H2,2-5H3. The first-order valence-corrected chi connectivity index (χ1v) is 15.9. The van der Waals surface area contributed by atoms with Crippen LogP contribution in [0.25, 0.3) is 0 Å². The van der Waals surface area contributed by atoms with E-state index in [4.69, 9.17) is 9.47 Å². The largest absolute Gasteiger partial charge is 0.463 e. The summed E-state index contributed by atoms with van der Waals surface area (Å²) in [5, 5.41) is 0. The summed E-state index contributed by atoms with van der Waals surface area (Å²) in [6.07, 6.45) is 19.8. The predicted molar refractivity (Wildman–Crippen MR) is 153 cm³/mol. The number of hydrogen-bond donors (Lipinski definition) is 0. The van der Waals surface area contributed by atoms with Gasteiger partial charge in [-0.3, -0.25) is 4.79 Å². The van der Waals surface area contributed by atoms with Gasteiger partial charge in [0.25, 0.3) is 0 Å². The van der Waals surface area contributed by atoms with Crippen molar-refractivity contribution < 1.29 is 19.1 Å². The van der Waals surface area contributed by atoms with Crippen molar-refractivity contribution in [2.45, 2.75) is 124 Å². The highest BCUT2D eigenvalue weighted by Crippen LogP contribution is 2.64. The molecule has 4 aliphatic carbocycles. The van der Waals surface area contributed by atoms with E-state index in [1.807, 2.05) is 0 Å². The number of rotatable bonds is 12. The SMILES string of the molecule is C=CC(=O)OCCCCC(=O)OC1CCC2C(=CCC3C2CCC2(C)C(C(C)CCCC(C)C)CCC32)C1. The van der Waals surface area contributed by atoms with Crippen LogP contribution in [0.2, 0.25) is 0 Å². The Balaban J connectivity index is 1.26. The van der Waals surface area contributed by atoms with E-state index in [1.54, 1.807) is 5.57 Å². The summed E-state index contributed by atoms with van der Waals surface area (Å²) in [7, 11) is 0. The van der Waals surface area contributed by atoms with Crippen molar-refractivity contribution in [2.24, 2.45) is 46.8 Å². The summed E-state index contributed by atoms with van der Waals surface area (Å²) in [6.45, 7) is 13.7. The number of unbranched alkanes of at least 4 members (excludes halogenated alkanes) is 1. The fraction of sp³-hybridized carbons (Fsp3) is 0.824. The monoisotopic (exact) mass is 526 g/mol. The van der Waals surface area contributed by atoms with Crippen LogP contribution in [0.3, 0.4) is 0 Å². The molecule has 0 aromatic heterocycles. The summed E-state index contributed by atoms with van der Waals surface area (Å²) < 4.78 is 10.9. The number of allylic oxidation sites excluding steroid dienone is 1. The fourth-order valence-corrected chi connectivity index (χ4v) is 9.21. The zero-order valence-electron chi connectivity index (χ0n) is 24.7. The summed E-state index contributed by atoms with van der Waals surface area (Å²) in [4.78, 5) is 23.5. The Hall–Kier alpha value is -1.58. The summed E-state index contributed by atoms with van der Waals surface area (Å²) in [6, 6.07) is 0. The van der Waals surface area contributed by atoms with E-state index in [0.717, 1.165) is 54.3 Å². The first-order chi connectivity index (χ1) is 18.2. The maximum Gasteiger partial charge on any atom is 0.330 e. The quantitative estimate of drug-likeness (QED) is 0.111. The number of hydrogen-bond acceptors (Lipinski definition) is 4. The van der Waals surface area contributed by atoms with Crippen molar-refractivity contribution in [3.8, 4) is 0 Å². The third kappa shape index (κ3) is 6.76. The molecule has 4 heteroatoms. The van der Waals surface area contributed by atoms with Crippen molar-refractivity contribution in [2.75, 3.05) is 6.61 Å². The summed E-state index contributed by atoms with van der Waals surface area (Å²) in [5.41, 5.74) is 2.13. The van der Waals surface area contributed by atoms with Gasteiger partial charge in [0.2, 0.25) is 0 Å². The van der Waals surface area contributed by atoms with Gasteiger partial charge in [0.15, 0.2) is 0 Å². The van der Waals surface area contributed by atoms with Crippen LogP contribution in [0.15, 0.2) is 24.3 Å². The van der Waals surface area contributed by atoms with Crippen LogP contribution in [0, 0.1) is 46.8 Å². The molecular weight excluding hydrogens is 472 g/mol. The first kappa shape index (κ1) is 29.4. The third-order valence-corrected chi connectivity index (χ3v) is 11.1. The smallest absolute Gasteiger partial charge is 0.330 e. The maximum atomic E-state index is 12.4. The van der Waals surface area contributed by atoms with Gasteiger partial charge >= 0.3 is 11.9 Å². The van der Waals surface area contributed by atoms with Crippen LogP contribution in [-0.4, -0.2) is 24.6 Å². The van der Waals surface area contributed by atoms with Gasteiger partial charge in [0.05, 0.1) is 6.61 Å². The topological polar surface area (TPSA) is 52.6 Å². The molecule has 8 atom stereocenters. The minimum Gasteiger partial charge on any atom is -0.463 e. The molecule has 0 aliphatic heterocycles. The van der Waals surface area contributed by atoms with Crippen LogP contribution < -0.4 is 0 Å². The Morgan fingerprint density at radius 2 is 1.87 bits per heavy atom. The molecule has 0 N–H and O–H groups in total. The molecule has 4 aliphatic rings. The van der Waals surface area contributed by atoms with Gasteiger partial charge in [0.1, 0.15) is 6.10 Å². The minimum absolute atomic E-state index is 0.0385. The Kier molecular flexibility index (Phi) is 10.2. The second-order valence-electron chi connectivity index (χ2n) is 13.8. The molecule has 0 bridgehead atoms. The molecule has 214 valence electrons. The van der Waals surface area contributed by atoms with Crippen molar-refractivity contribution >= 4 is 11.9 Å². The van der Waals surface area contributed by atoms with Crippen LogP contribution >= 0.6 is 0 Å². The van der Waals surface area contributed by atoms with E-state index in [-0.39, 0.29) is 12.1 Å². The number of ether oxygens (including phenoxy) is 2. The van der Waals surface area contributed by atoms with E-state index in [9.17, 15) is 9.59 Å². The second kappa shape index (κ2) is 13.2. The van der Waals surface area contributed by atoms with Gasteiger partial charge < -0.3 is 9.47 Å². The lowest BCUT2D eigenvalue weighted by atomic mass is 9.51. The molecule has 0 amide bonds. The Morgan fingerprint density at radius 1 is 1.05 bits per heavy atom. The fourth-order valence-electron chi connectivity index (χ4n) is 9.21. The van der Waals surface area contributed by atoms with E-state index in [0.29, 0.717) is 31.3 Å². The highest BCUT2D eigenvalue weighted by molar-refractivity contribution is 5.81. The van der Waals surface area contributed by atoms with Crippen LogP contribution in [-0.2, 0) is 19.1 Å². The molecule has 0 heterocycles. The molecule has 0 aromatic rings. The van der Waals surface area contributed by atoms with Crippen molar-refractivity contribution in [3.63, 3.8) is 0 Å². The lowest BCUT2D eigenvalue weighted by molar-refractivity contribution is -0.150. The molecule has 0 aromatic carbocycles. The van der Waals surface area contributed by atoms with Gasteiger partial charge in [-0.25, -0.2) is 4.79 Å². The van der Waals surface area contributed by atoms with E-state index < -0.39 is 5.97 Å². The van der Waals surface area contributed by atoms with Crippen molar-refractivity contribution in [1.82, 2.24) is 0 Å². The molecule has 0 spiro atoms. The number of carbonyl (C=O) groups excluding carboxylic acids is 2. The molecule has 4 nitrogen and oxygen atoms in total. The van der Waals surface area contributed by atoms with E-state index in [1.165, 1.54) is 63.9 Å². The van der Waals surface area contributed by atoms with Gasteiger partial charge in [0, 0.05) is 18.9 Å². The molecule has 38 heavy (non-hydrogen) atoms. The van der Waals surface area contributed by atoms with E-state index >= 15 is 0 Å². The second-order valence-corrected chi connectivity index (χ2v) is 13.8. The molecular formula is C34H54O4. The minimum atomic E-state index is -0.408. The maximum absolute atomic E-state index is 12.4. The third-order valence-electron chi connectivity index (χ3n) is 11.1. The van der Waals surface area contributed by atoms with Crippen LogP contribution in [0.1, 0.15) is 118 Å². The van der Waals surface area contributed by atoms with Crippen molar-refractivity contribution in [3.05, 3.63) is 24.3 Å².